The zero-order valence-electron chi connectivity index (χ0n) is 11.1. The first-order valence-electron chi connectivity index (χ1n) is 5.97. The first-order valence-corrected chi connectivity index (χ1v) is 7.02. The summed E-state index contributed by atoms with van der Waals surface area (Å²) >= 11 is 1.48. The van der Waals surface area contributed by atoms with Gasteiger partial charge in [-0.1, -0.05) is 20.3 Å². The third-order valence-electron chi connectivity index (χ3n) is 2.31. The van der Waals surface area contributed by atoms with Crippen molar-refractivity contribution >= 4 is 23.6 Å². The SMILES string of the molecule is CCCC(C)NC(=O)CSC(C)CC(=O)OC. The summed E-state index contributed by atoms with van der Waals surface area (Å²) in [6, 6.07) is 0.226. The Bertz CT molecular complexity index is 246. The highest BCUT2D eigenvalue weighted by Gasteiger charge is 2.12. The number of thioether (sulfide) groups is 1. The van der Waals surface area contributed by atoms with Gasteiger partial charge in [0.05, 0.1) is 19.3 Å². The van der Waals surface area contributed by atoms with E-state index in [-0.39, 0.29) is 23.2 Å². The van der Waals surface area contributed by atoms with Gasteiger partial charge in [0.15, 0.2) is 0 Å². The molecule has 0 aromatic heterocycles. The molecule has 0 saturated heterocycles. The summed E-state index contributed by atoms with van der Waals surface area (Å²) in [5.74, 6) is 0.198. The van der Waals surface area contributed by atoms with E-state index in [9.17, 15) is 9.59 Å². The number of carbonyl (C=O) groups is 2. The molecule has 0 aliphatic rings. The first-order chi connectivity index (χ1) is 7.99. The quantitative estimate of drug-likeness (QED) is 0.679. The average molecular weight is 261 g/mol. The van der Waals surface area contributed by atoms with Crippen molar-refractivity contribution in [2.75, 3.05) is 12.9 Å². The summed E-state index contributed by atoms with van der Waals surface area (Å²) in [5.41, 5.74) is 0. The number of esters is 1. The zero-order chi connectivity index (χ0) is 13.3. The van der Waals surface area contributed by atoms with E-state index in [2.05, 4.69) is 17.0 Å². The van der Waals surface area contributed by atoms with Crippen LogP contribution in [0.15, 0.2) is 0 Å². The molecule has 2 atom stereocenters. The van der Waals surface area contributed by atoms with Crippen molar-refractivity contribution in [2.45, 2.75) is 51.3 Å². The molecule has 0 rings (SSSR count). The number of nitrogens with one attached hydrogen (secondary N) is 1. The van der Waals surface area contributed by atoms with E-state index in [4.69, 9.17) is 0 Å². The van der Waals surface area contributed by atoms with Crippen molar-refractivity contribution in [3.63, 3.8) is 0 Å². The van der Waals surface area contributed by atoms with Crippen LogP contribution in [0.4, 0.5) is 0 Å². The molecule has 0 radical (unpaired) electrons. The van der Waals surface area contributed by atoms with Gasteiger partial charge in [0.2, 0.25) is 5.91 Å². The molecule has 17 heavy (non-hydrogen) atoms. The molecule has 1 N–H and O–H groups in total. The third kappa shape index (κ3) is 9.03. The molecule has 0 heterocycles. The lowest BCUT2D eigenvalue weighted by Crippen LogP contribution is -2.34. The average Bonchev–Trinajstić information content (AvgIpc) is 2.26. The van der Waals surface area contributed by atoms with Gasteiger partial charge in [0.1, 0.15) is 0 Å². The molecule has 0 fully saturated rings. The van der Waals surface area contributed by atoms with Crippen LogP contribution in [-0.2, 0) is 14.3 Å². The Morgan fingerprint density at radius 2 is 2.00 bits per heavy atom. The molecule has 0 bridgehead atoms. The Morgan fingerprint density at radius 3 is 2.53 bits per heavy atom. The minimum Gasteiger partial charge on any atom is -0.469 e. The molecule has 2 unspecified atom stereocenters. The van der Waals surface area contributed by atoms with Crippen molar-refractivity contribution in [3.05, 3.63) is 0 Å². The first kappa shape index (κ1) is 16.3. The van der Waals surface area contributed by atoms with Crippen molar-refractivity contribution in [1.82, 2.24) is 5.32 Å². The molecule has 100 valence electrons. The normalized spacial score (nSPS) is 13.9. The van der Waals surface area contributed by atoms with Crippen LogP contribution >= 0.6 is 11.8 Å². The number of hydrogen-bond donors (Lipinski definition) is 1. The Labute approximate surface area is 108 Å². The summed E-state index contributed by atoms with van der Waals surface area (Å²) in [6.07, 6.45) is 2.40. The topological polar surface area (TPSA) is 55.4 Å². The van der Waals surface area contributed by atoms with Crippen LogP contribution in [-0.4, -0.2) is 36.0 Å². The Balaban J connectivity index is 3.72. The van der Waals surface area contributed by atoms with Crippen molar-refractivity contribution < 1.29 is 14.3 Å². The molecule has 0 aromatic carbocycles. The number of hydrogen-bond acceptors (Lipinski definition) is 4. The molecular formula is C12H23NO3S. The van der Waals surface area contributed by atoms with Gasteiger partial charge in [-0.3, -0.25) is 9.59 Å². The van der Waals surface area contributed by atoms with Crippen molar-refractivity contribution in [1.29, 1.82) is 0 Å². The second kappa shape index (κ2) is 9.33. The van der Waals surface area contributed by atoms with E-state index in [0.717, 1.165) is 12.8 Å². The number of rotatable bonds is 8. The van der Waals surface area contributed by atoms with Gasteiger partial charge in [0, 0.05) is 11.3 Å². The van der Waals surface area contributed by atoms with Crippen LogP contribution in [0, 0.1) is 0 Å². The van der Waals surface area contributed by atoms with Crippen LogP contribution in [0.1, 0.15) is 40.0 Å². The lowest BCUT2D eigenvalue weighted by molar-refractivity contribution is -0.140. The van der Waals surface area contributed by atoms with E-state index < -0.39 is 0 Å². The van der Waals surface area contributed by atoms with E-state index in [1.165, 1.54) is 18.9 Å². The standard InChI is InChI=1S/C12H23NO3S/c1-5-6-9(2)13-11(14)8-17-10(3)7-12(15)16-4/h9-10H,5-8H2,1-4H3,(H,13,14). The van der Waals surface area contributed by atoms with Gasteiger partial charge >= 0.3 is 5.97 Å². The fourth-order valence-corrected chi connectivity index (χ4v) is 2.19. The Morgan fingerprint density at radius 1 is 1.35 bits per heavy atom. The third-order valence-corrected chi connectivity index (χ3v) is 3.47. The van der Waals surface area contributed by atoms with Gasteiger partial charge in [-0.2, -0.15) is 0 Å². The lowest BCUT2D eigenvalue weighted by atomic mass is 10.2. The van der Waals surface area contributed by atoms with Crippen LogP contribution in [0.25, 0.3) is 0 Å². The Kier molecular flexibility index (Phi) is 8.94. The minimum atomic E-state index is -0.232. The van der Waals surface area contributed by atoms with Gasteiger partial charge in [-0.15, -0.1) is 11.8 Å². The van der Waals surface area contributed by atoms with Crippen molar-refractivity contribution in [3.8, 4) is 0 Å². The molecule has 0 spiro atoms. The van der Waals surface area contributed by atoms with Gasteiger partial charge in [-0.25, -0.2) is 0 Å². The predicted octanol–water partition coefficient (Wildman–Crippen LogP) is 1.98. The van der Waals surface area contributed by atoms with Crippen molar-refractivity contribution in [2.24, 2.45) is 0 Å². The monoisotopic (exact) mass is 261 g/mol. The highest BCUT2D eigenvalue weighted by molar-refractivity contribution is 8.00. The summed E-state index contributed by atoms with van der Waals surface area (Å²) in [7, 11) is 1.37. The molecule has 0 aromatic rings. The zero-order valence-corrected chi connectivity index (χ0v) is 11.9. The molecule has 0 saturated carbocycles. The fraction of sp³-hybridized carbons (Fsp3) is 0.833. The second-order valence-electron chi connectivity index (χ2n) is 4.16. The maximum atomic E-state index is 11.5. The molecule has 0 aliphatic heterocycles. The van der Waals surface area contributed by atoms with E-state index >= 15 is 0 Å². The Hall–Kier alpha value is -0.710. The van der Waals surface area contributed by atoms with Gasteiger partial charge in [0.25, 0.3) is 0 Å². The summed E-state index contributed by atoms with van der Waals surface area (Å²) in [4.78, 5) is 22.5. The molecule has 0 aliphatic carbocycles. The lowest BCUT2D eigenvalue weighted by Gasteiger charge is -2.14. The van der Waals surface area contributed by atoms with E-state index in [1.54, 1.807) is 0 Å². The van der Waals surface area contributed by atoms with Crippen LogP contribution in [0.3, 0.4) is 0 Å². The molecule has 4 nitrogen and oxygen atoms in total. The van der Waals surface area contributed by atoms with E-state index in [0.29, 0.717) is 12.2 Å². The van der Waals surface area contributed by atoms with Crippen LogP contribution < -0.4 is 5.32 Å². The largest absolute Gasteiger partial charge is 0.469 e. The van der Waals surface area contributed by atoms with Crippen LogP contribution in [0.5, 0.6) is 0 Å². The number of ether oxygens (including phenoxy) is 1. The number of carbonyl (C=O) groups excluding carboxylic acids is 2. The predicted molar refractivity (Wildman–Crippen MR) is 71.1 cm³/mol. The summed E-state index contributed by atoms with van der Waals surface area (Å²) in [6.45, 7) is 6.02. The van der Waals surface area contributed by atoms with Crippen LogP contribution in [0.2, 0.25) is 0 Å². The van der Waals surface area contributed by atoms with Gasteiger partial charge < -0.3 is 10.1 Å². The maximum Gasteiger partial charge on any atom is 0.306 e. The highest BCUT2D eigenvalue weighted by Crippen LogP contribution is 2.14. The maximum absolute atomic E-state index is 11.5. The summed E-state index contributed by atoms with van der Waals surface area (Å²) < 4.78 is 4.57. The molecule has 1 amide bonds. The highest BCUT2D eigenvalue weighted by atomic mass is 32.2. The molecule has 5 heteroatoms. The smallest absolute Gasteiger partial charge is 0.306 e. The number of amides is 1. The fourth-order valence-electron chi connectivity index (χ4n) is 1.42. The van der Waals surface area contributed by atoms with Gasteiger partial charge in [-0.05, 0) is 13.3 Å². The second-order valence-corrected chi connectivity index (χ2v) is 5.59. The van der Waals surface area contributed by atoms with E-state index in [1.807, 2.05) is 13.8 Å². The number of methoxy groups -OCH3 is 1. The molecular weight excluding hydrogens is 238 g/mol. The summed E-state index contributed by atoms with van der Waals surface area (Å²) in [5, 5.41) is 3.03. The minimum absolute atomic E-state index is 0.0349.